The molecule has 21 heavy (non-hydrogen) atoms. The van der Waals surface area contributed by atoms with Gasteiger partial charge in [0.25, 0.3) is 0 Å². The topological polar surface area (TPSA) is 78.6 Å². The molecule has 0 aromatic heterocycles. The van der Waals surface area contributed by atoms with Crippen LogP contribution >= 0.6 is 0 Å². The summed E-state index contributed by atoms with van der Waals surface area (Å²) in [4.78, 5) is 23.5. The summed E-state index contributed by atoms with van der Waals surface area (Å²) >= 11 is 0. The van der Waals surface area contributed by atoms with E-state index in [4.69, 9.17) is 15.2 Å². The van der Waals surface area contributed by atoms with Gasteiger partial charge in [-0.3, -0.25) is 0 Å². The van der Waals surface area contributed by atoms with Crippen LogP contribution in [0.25, 0.3) is 0 Å². The second kappa shape index (κ2) is 7.37. The van der Waals surface area contributed by atoms with E-state index in [0.717, 1.165) is 12.1 Å². The maximum atomic E-state index is 13.6. The van der Waals surface area contributed by atoms with Gasteiger partial charge in [-0.15, -0.1) is 0 Å². The molecular formula is C14H15F2NO4. The predicted molar refractivity (Wildman–Crippen MR) is 71.4 cm³/mol. The molecule has 0 saturated heterocycles. The maximum Gasteiger partial charge on any atom is 0.350 e. The average molecular weight is 299 g/mol. The van der Waals surface area contributed by atoms with Crippen LogP contribution in [0.15, 0.2) is 23.8 Å². The van der Waals surface area contributed by atoms with Gasteiger partial charge in [0.2, 0.25) is 5.82 Å². The van der Waals surface area contributed by atoms with Crippen molar-refractivity contribution in [1.82, 2.24) is 0 Å². The minimum Gasteiger partial charge on any atom is -0.462 e. The average Bonchev–Trinajstić information content (AvgIpc) is 2.45. The number of allylic oxidation sites excluding steroid dienone is 1. The zero-order valence-electron chi connectivity index (χ0n) is 11.6. The summed E-state index contributed by atoms with van der Waals surface area (Å²) in [5, 5.41) is 0. The molecule has 0 amide bonds. The fraction of sp³-hybridized carbons (Fsp3) is 0.286. The number of nitrogens with two attached hydrogens (primary N) is 1. The first-order chi connectivity index (χ1) is 9.92. The third-order valence-corrected chi connectivity index (χ3v) is 2.40. The highest BCUT2D eigenvalue weighted by atomic mass is 19.2. The number of carbonyl (C=O) groups excluding carboxylic acids is 2. The van der Waals surface area contributed by atoms with Crippen LogP contribution in [0.5, 0.6) is 5.75 Å². The summed E-state index contributed by atoms with van der Waals surface area (Å²) in [6, 6.07) is 1.85. The zero-order valence-corrected chi connectivity index (χ0v) is 11.6. The summed E-state index contributed by atoms with van der Waals surface area (Å²) in [5.74, 6) is -5.44. The first-order valence-electron chi connectivity index (χ1n) is 6.25. The van der Waals surface area contributed by atoms with Crippen LogP contribution in [0.2, 0.25) is 0 Å². The maximum absolute atomic E-state index is 13.6. The van der Waals surface area contributed by atoms with Crippen LogP contribution in [0, 0.1) is 11.6 Å². The molecule has 0 heterocycles. The molecular weight excluding hydrogens is 284 g/mol. The van der Waals surface area contributed by atoms with E-state index in [2.05, 4.69) is 0 Å². The van der Waals surface area contributed by atoms with Crippen molar-refractivity contribution in [3.63, 3.8) is 0 Å². The molecule has 0 fully saturated rings. The van der Waals surface area contributed by atoms with Gasteiger partial charge in [0.05, 0.1) is 12.3 Å². The van der Waals surface area contributed by atoms with Crippen molar-refractivity contribution in [2.75, 3.05) is 12.3 Å². The summed E-state index contributed by atoms with van der Waals surface area (Å²) in [5.41, 5.74) is 4.77. The van der Waals surface area contributed by atoms with E-state index >= 15 is 0 Å². The number of hydrogen-bond acceptors (Lipinski definition) is 5. The standard InChI is InChI=1S/C14H15F2NO4/c1-3-5-8(13(18)20-4-2)14(19)21-12-10(17)7-6-9(15)11(12)16/h5-7H,3-4,17H2,1-2H3. The molecule has 5 nitrogen and oxygen atoms in total. The highest BCUT2D eigenvalue weighted by Crippen LogP contribution is 2.28. The molecule has 0 atom stereocenters. The van der Waals surface area contributed by atoms with Crippen molar-refractivity contribution >= 4 is 17.6 Å². The number of benzene rings is 1. The van der Waals surface area contributed by atoms with Crippen molar-refractivity contribution in [2.24, 2.45) is 0 Å². The SMILES string of the molecule is CCC=C(C(=O)OCC)C(=O)Oc1c(N)ccc(F)c1F. The van der Waals surface area contributed by atoms with Gasteiger partial charge < -0.3 is 15.2 Å². The van der Waals surface area contributed by atoms with Crippen LogP contribution in [0.3, 0.4) is 0 Å². The Bertz CT molecular complexity index is 585. The van der Waals surface area contributed by atoms with Gasteiger partial charge in [-0.05, 0) is 25.5 Å². The van der Waals surface area contributed by atoms with Gasteiger partial charge in [0, 0.05) is 0 Å². The molecule has 2 N–H and O–H groups in total. The lowest BCUT2D eigenvalue weighted by Crippen LogP contribution is -2.21. The highest BCUT2D eigenvalue weighted by Gasteiger charge is 2.24. The number of anilines is 1. The number of carbonyl (C=O) groups is 2. The van der Waals surface area contributed by atoms with Crippen molar-refractivity contribution in [3.05, 3.63) is 35.4 Å². The molecule has 0 unspecified atom stereocenters. The fourth-order valence-electron chi connectivity index (χ4n) is 1.46. The normalized spacial score (nSPS) is 11.1. The number of nitrogen functional groups attached to an aromatic ring is 1. The van der Waals surface area contributed by atoms with Crippen molar-refractivity contribution in [3.8, 4) is 5.75 Å². The minimum absolute atomic E-state index is 0.0592. The summed E-state index contributed by atoms with van der Waals surface area (Å²) in [7, 11) is 0. The Morgan fingerprint density at radius 1 is 1.24 bits per heavy atom. The van der Waals surface area contributed by atoms with E-state index in [1.807, 2.05) is 0 Å². The van der Waals surface area contributed by atoms with Gasteiger partial charge in [-0.2, -0.15) is 4.39 Å². The van der Waals surface area contributed by atoms with Gasteiger partial charge in [-0.25, -0.2) is 14.0 Å². The van der Waals surface area contributed by atoms with Crippen LogP contribution in [-0.4, -0.2) is 18.5 Å². The lowest BCUT2D eigenvalue weighted by molar-refractivity contribution is -0.143. The van der Waals surface area contributed by atoms with Crippen LogP contribution in [-0.2, 0) is 14.3 Å². The number of halogens is 2. The van der Waals surface area contributed by atoms with Crippen LogP contribution in [0.4, 0.5) is 14.5 Å². The monoisotopic (exact) mass is 299 g/mol. The summed E-state index contributed by atoms with van der Waals surface area (Å²) < 4.78 is 36.0. The van der Waals surface area contributed by atoms with E-state index in [0.29, 0.717) is 6.42 Å². The quantitative estimate of drug-likeness (QED) is 0.225. The zero-order chi connectivity index (χ0) is 16.0. The van der Waals surface area contributed by atoms with Gasteiger partial charge in [0.1, 0.15) is 5.57 Å². The Hall–Kier alpha value is -2.44. The molecule has 0 aliphatic heterocycles. The largest absolute Gasteiger partial charge is 0.462 e. The molecule has 7 heteroatoms. The second-order valence-corrected chi connectivity index (χ2v) is 3.92. The van der Waals surface area contributed by atoms with Gasteiger partial charge in [-0.1, -0.05) is 13.0 Å². The molecule has 0 aliphatic rings. The van der Waals surface area contributed by atoms with E-state index in [9.17, 15) is 18.4 Å². The van der Waals surface area contributed by atoms with E-state index in [1.54, 1.807) is 13.8 Å². The van der Waals surface area contributed by atoms with Crippen molar-refractivity contribution in [1.29, 1.82) is 0 Å². The highest BCUT2D eigenvalue weighted by molar-refractivity contribution is 6.14. The molecule has 0 saturated carbocycles. The van der Waals surface area contributed by atoms with Crippen LogP contribution < -0.4 is 10.5 Å². The number of esters is 2. The van der Waals surface area contributed by atoms with Gasteiger partial charge in [0.15, 0.2) is 11.6 Å². The molecule has 0 radical (unpaired) electrons. The fourth-order valence-corrected chi connectivity index (χ4v) is 1.46. The molecule has 114 valence electrons. The third-order valence-electron chi connectivity index (χ3n) is 2.40. The Kier molecular flexibility index (Phi) is 5.83. The minimum atomic E-state index is -1.40. The van der Waals surface area contributed by atoms with Crippen molar-refractivity contribution in [2.45, 2.75) is 20.3 Å². The molecule has 1 rings (SSSR count). The Morgan fingerprint density at radius 3 is 2.48 bits per heavy atom. The summed E-state index contributed by atoms with van der Waals surface area (Å²) in [6.45, 7) is 3.31. The summed E-state index contributed by atoms with van der Waals surface area (Å²) in [6.07, 6.45) is 1.62. The van der Waals surface area contributed by atoms with Crippen LogP contribution in [0.1, 0.15) is 20.3 Å². The number of rotatable bonds is 5. The number of hydrogen-bond donors (Lipinski definition) is 1. The lowest BCUT2D eigenvalue weighted by Gasteiger charge is -2.10. The van der Waals surface area contributed by atoms with E-state index in [-0.39, 0.29) is 12.3 Å². The predicted octanol–water partition coefficient (Wildman–Crippen LogP) is 2.35. The van der Waals surface area contributed by atoms with Gasteiger partial charge >= 0.3 is 11.9 Å². The second-order valence-electron chi connectivity index (χ2n) is 3.92. The smallest absolute Gasteiger partial charge is 0.350 e. The molecule has 0 bridgehead atoms. The lowest BCUT2D eigenvalue weighted by atomic mass is 10.2. The Labute approximate surface area is 120 Å². The Morgan fingerprint density at radius 2 is 1.90 bits per heavy atom. The molecule has 1 aromatic carbocycles. The van der Waals surface area contributed by atoms with E-state index < -0.39 is 34.9 Å². The third kappa shape index (κ3) is 4.01. The first-order valence-corrected chi connectivity index (χ1v) is 6.25. The molecule has 1 aromatic rings. The van der Waals surface area contributed by atoms with E-state index in [1.165, 1.54) is 6.08 Å². The first kappa shape index (κ1) is 16.6. The molecule has 0 spiro atoms. The van der Waals surface area contributed by atoms with Crippen molar-refractivity contribution < 1.29 is 27.8 Å². The Balaban J connectivity index is 3.06. The molecule has 0 aliphatic carbocycles. The number of ether oxygens (including phenoxy) is 2.